The molecule has 3 heteroatoms. The zero-order valence-electron chi connectivity index (χ0n) is 11.7. The molecule has 1 heterocycles. The lowest BCUT2D eigenvalue weighted by atomic mass is 9.63. The molecule has 20 heavy (non-hydrogen) atoms. The first-order valence-corrected chi connectivity index (χ1v) is 8.32. The van der Waals surface area contributed by atoms with Gasteiger partial charge < -0.3 is 0 Å². The average Bonchev–Trinajstić information content (AvgIpc) is 3.25. The number of rotatable bonds is 1. The highest BCUT2D eigenvalue weighted by molar-refractivity contribution is 6.06. The molecule has 106 valence electrons. The monoisotopic (exact) mass is 271 g/mol. The Balaban J connectivity index is 1.50. The van der Waals surface area contributed by atoms with Gasteiger partial charge in [-0.25, -0.2) is 0 Å². The number of carbonyl (C=O) groups is 2. The third-order valence-corrected chi connectivity index (χ3v) is 6.64. The second-order valence-electron chi connectivity index (χ2n) is 7.49. The lowest BCUT2D eigenvalue weighted by Crippen LogP contribution is -2.42. The van der Waals surface area contributed by atoms with Crippen LogP contribution in [0, 0.1) is 35.5 Å². The molecule has 1 saturated heterocycles. The number of hydrogen-bond acceptors (Lipinski definition) is 2. The van der Waals surface area contributed by atoms with E-state index in [1.54, 1.807) is 4.90 Å². The van der Waals surface area contributed by atoms with E-state index in [1.165, 1.54) is 25.7 Å². The van der Waals surface area contributed by atoms with Crippen molar-refractivity contribution in [3.63, 3.8) is 0 Å². The van der Waals surface area contributed by atoms with Gasteiger partial charge >= 0.3 is 0 Å². The third kappa shape index (κ3) is 1.27. The van der Waals surface area contributed by atoms with Gasteiger partial charge in [0.25, 0.3) is 0 Å². The zero-order chi connectivity index (χ0) is 13.4. The first kappa shape index (κ1) is 11.5. The van der Waals surface area contributed by atoms with Gasteiger partial charge in [0.15, 0.2) is 0 Å². The summed E-state index contributed by atoms with van der Waals surface area (Å²) < 4.78 is 0. The lowest BCUT2D eigenvalue weighted by molar-refractivity contribution is -0.143. The number of amides is 2. The molecule has 6 aliphatic rings. The van der Waals surface area contributed by atoms with Gasteiger partial charge in [0.05, 0.1) is 11.8 Å². The van der Waals surface area contributed by atoms with E-state index >= 15 is 0 Å². The maximum atomic E-state index is 12.9. The van der Waals surface area contributed by atoms with Crippen LogP contribution in [0.25, 0.3) is 0 Å². The van der Waals surface area contributed by atoms with Crippen molar-refractivity contribution in [1.29, 1.82) is 0 Å². The summed E-state index contributed by atoms with van der Waals surface area (Å²) in [6.07, 6.45) is 11.4. The predicted octanol–water partition coefficient (Wildman–Crippen LogP) is 2.37. The number of hydrogen-bond donors (Lipinski definition) is 0. The second-order valence-corrected chi connectivity index (χ2v) is 7.49. The van der Waals surface area contributed by atoms with Crippen LogP contribution in [0.4, 0.5) is 0 Å². The summed E-state index contributed by atoms with van der Waals surface area (Å²) in [5.74, 6) is 2.54. The Hall–Kier alpha value is -1.12. The molecule has 3 saturated carbocycles. The van der Waals surface area contributed by atoms with Crippen molar-refractivity contribution in [2.24, 2.45) is 35.5 Å². The maximum absolute atomic E-state index is 12.9. The number of allylic oxidation sites excluding steroid dienone is 2. The smallest absolute Gasteiger partial charge is 0.233 e. The van der Waals surface area contributed by atoms with E-state index < -0.39 is 0 Å². The van der Waals surface area contributed by atoms with Crippen molar-refractivity contribution in [3.05, 3.63) is 12.2 Å². The molecular formula is C17H21NO2. The highest BCUT2D eigenvalue weighted by Crippen LogP contribution is 2.65. The fourth-order valence-corrected chi connectivity index (χ4v) is 5.68. The van der Waals surface area contributed by atoms with Crippen LogP contribution in [-0.4, -0.2) is 22.8 Å². The summed E-state index contributed by atoms with van der Waals surface area (Å²) >= 11 is 0. The molecule has 0 radical (unpaired) electrons. The molecule has 2 bridgehead atoms. The molecule has 0 aromatic carbocycles. The van der Waals surface area contributed by atoms with Crippen LogP contribution in [0.2, 0.25) is 0 Å². The molecule has 2 amide bonds. The Kier molecular flexibility index (Phi) is 2.16. The summed E-state index contributed by atoms with van der Waals surface area (Å²) in [5.41, 5.74) is 0. The van der Waals surface area contributed by atoms with Gasteiger partial charge in [-0.15, -0.1) is 0 Å². The molecule has 0 aromatic heterocycles. The molecule has 1 aliphatic heterocycles. The molecule has 6 rings (SSSR count). The summed E-state index contributed by atoms with van der Waals surface area (Å²) in [6, 6.07) is 0.213. The van der Waals surface area contributed by atoms with Gasteiger partial charge in [0.1, 0.15) is 0 Å². The van der Waals surface area contributed by atoms with Crippen molar-refractivity contribution >= 4 is 11.8 Å². The van der Waals surface area contributed by atoms with Crippen LogP contribution < -0.4 is 0 Å². The standard InChI is InChI=1S/C17H21NO2/c19-16-14-10-6-7-11(13-8-12(10)13)15(14)17(20)18(16)9-4-2-1-3-5-9/h6-7,9-15H,1-5,8H2/t10-,11+,12-,13+,14-,15+. The number of imide groups is 1. The van der Waals surface area contributed by atoms with Gasteiger partial charge in [-0.3, -0.25) is 14.5 Å². The molecule has 4 fully saturated rings. The van der Waals surface area contributed by atoms with E-state index in [4.69, 9.17) is 0 Å². The zero-order valence-corrected chi connectivity index (χ0v) is 11.7. The second kappa shape index (κ2) is 3.75. The van der Waals surface area contributed by atoms with Crippen LogP contribution >= 0.6 is 0 Å². The molecular weight excluding hydrogens is 250 g/mol. The third-order valence-electron chi connectivity index (χ3n) is 6.64. The van der Waals surface area contributed by atoms with Crippen LogP contribution in [0.1, 0.15) is 38.5 Å². The van der Waals surface area contributed by atoms with Crippen LogP contribution in [-0.2, 0) is 9.59 Å². The minimum atomic E-state index is 0.00294. The van der Waals surface area contributed by atoms with Gasteiger partial charge in [0, 0.05) is 6.04 Å². The van der Waals surface area contributed by atoms with E-state index in [0.717, 1.165) is 12.8 Å². The number of carbonyl (C=O) groups excluding carboxylic acids is 2. The minimum Gasteiger partial charge on any atom is -0.279 e. The van der Waals surface area contributed by atoms with Crippen molar-refractivity contribution in [2.45, 2.75) is 44.6 Å². The Morgan fingerprint density at radius 2 is 1.40 bits per heavy atom. The molecule has 6 atom stereocenters. The van der Waals surface area contributed by atoms with Crippen molar-refractivity contribution in [3.8, 4) is 0 Å². The number of likely N-dealkylation sites (tertiary alicyclic amines) is 1. The quantitative estimate of drug-likeness (QED) is 0.542. The minimum absolute atomic E-state index is 0.00294. The first-order valence-electron chi connectivity index (χ1n) is 8.32. The first-order chi connectivity index (χ1) is 9.77. The number of nitrogens with zero attached hydrogens (tertiary/aromatic N) is 1. The van der Waals surface area contributed by atoms with Crippen molar-refractivity contribution < 1.29 is 9.59 Å². The van der Waals surface area contributed by atoms with E-state index in [0.29, 0.717) is 23.7 Å². The topological polar surface area (TPSA) is 37.4 Å². The molecule has 3 nitrogen and oxygen atoms in total. The summed E-state index contributed by atoms with van der Waals surface area (Å²) in [6.45, 7) is 0. The maximum Gasteiger partial charge on any atom is 0.233 e. The summed E-state index contributed by atoms with van der Waals surface area (Å²) in [7, 11) is 0. The molecule has 0 spiro atoms. The predicted molar refractivity (Wildman–Crippen MR) is 73.4 cm³/mol. The highest BCUT2D eigenvalue weighted by Gasteiger charge is 2.67. The molecule has 0 N–H and O–H groups in total. The molecule has 5 aliphatic carbocycles. The summed E-state index contributed by atoms with van der Waals surface area (Å²) in [5, 5.41) is 0. The van der Waals surface area contributed by atoms with E-state index in [2.05, 4.69) is 12.2 Å². The highest BCUT2D eigenvalue weighted by atomic mass is 16.2. The fraction of sp³-hybridized carbons (Fsp3) is 0.765. The van der Waals surface area contributed by atoms with E-state index in [-0.39, 0.29) is 29.7 Å². The van der Waals surface area contributed by atoms with Gasteiger partial charge in [0.2, 0.25) is 11.8 Å². The van der Waals surface area contributed by atoms with E-state index in [9.17, 15) is 9.59 Å². The lowest BCUT2D eigenvalue weighted by Gasteiger charge is -2.37. The van der Waals surface area contributed by atoms with Crippen LogP contribution in [0.5, 0.6) is 0 Å². The molecule has 0 unspecified atom stereocenters. The Morgan fingerprint density at radius 1 is 0.850 bits per heavy atom. The average molecular weight is 271 g/mol. The van der Waals surface area contributed by atoms with Gasteiger partial charge in [-0.1, -0.05) is 31.4 Å². The fourth-order valence-electron chi connectivity index (χ4n) is 5.68. The molecule has 0 aromatic rings. The normalized spacial score (nSPS) is 49.5. The van der Waals surface area contributed by atoms with Crippen molar-refractivity contribution in [2.75, 3.05) is 0 Å². The Labute approximate surface area is 119 Å². The summed E-state index contributed by atoms with van der Waals surface area (Å²) in [4.78, 5) is 27.5. The van der Waals surface area contributed by atoms with Crippen LogP contribution in [0.3, 0.4) is 0 Å². The largest absolute Gasteiger partial charge is 0.279 e. The Morgan fingerprint density at radius 3 is 1.95 bits per heavy atom. The van der Waals surface area contributed by atoms with E-state index in [1.807, 2.05) is 0 Å². The Bertz CT molecular complexity index is 483. The van der Waals surface area contributed by atoms with Gasteiger partial charge in [-0.2, -0.15) is 0 Å². The van der Waals surface area contributed by atoms with Gasteiger partial charge in [-0.05, 0) is 42.9 Å². The van der Waals surface area contributed by atoms with Crippen molar-refractivity contribution in [1.82, 2.24) is 4.90 Å². The van der Waals surface area contributed by atoms with Crippen LogP contribution in [0.15, 0.2) is 12.2 Å². The SMILES string of the molecule is O=C1[C@@H]2[C@@H]3C=C[C@@H]([C@@H]4C[C@H]34)[C@@H]2C(=O)N1C1CCCCC1.